The van der Waals surface area contributed by atoms with Crippen LogP contribution in [0.3, 0.4) is 0 Å². The summed E-state index contributed by atoms with van der Waals surface area (Å²) in [5.74, 6) is 2.17. The number of ether oxygens (including phenoxy) is 1. The first-order valence-corrected chi connectivity index (χ1v) is 6.01. The number of methoxy groups -OCH3 is 1. The van der Waals surface area contributed by atoms with Gasteiger partial charge in [-0.25, -0.2) is 4.98 Å². The van der Waals surface area contributed by atoms with Crippen molar-refractivity contribution in [2.24, 2.45) is 5.92 Å². The molecule has 98 valence electrons. The lowest BCUT2D eigenvalue weighted by molar-refractivity contribution is 0.181. The third-order valence-corrected chi connectivity index (χ3v) is 2.61. The van der Waals surface area contributed by atoms with Crippen molar-refractivity contribution in [1.82, 2.24) is 19.6 Å². The Hall–Kier alpha value is -1.69. The van der Waals surface area contributed by atoms with Gasteiger partial charge in [0, 0.05) is 26.8 Å². The Morgan fingerprint density at radius 2 is 2.22 bits per heavy atom. The Morgan fingerprint density at radius 3 is 2.89 bits per heavy atom. The standard InChI is InChI=1S/C12H19N5O/c1-9(2)6-16(3)11-5-10(7-18-4)15-12-13-8-14-17(11)12/h5,8-9H,6-7H2,1-4H3. The van der Waals surface area contributed by atoms with E-state index >= 15 is 0 Å². The Bertz CT molecular complexity index is 522. The quantitative estimate of drug-likeness (QED) is 0.801. The van der Waals surface area contributed by atoms with Crippen LogP contribution in [0.1, 0.15) is 19.5 Å². The van der Waals surface area contributed by atoms with Gasteiger partial charge in [-0.2, -0.15) is 14.6 Å². The zero-order valence-corrected chi connectivity index (χ0v) is 11.3. The molecule has 0 saturated carbocycles. The number of rotatable bonds is 5. The van der Waals surface area contributed by atoms with Crippen molar-refractivity contribution in [1.29, 1.82) is 0 Å². The third kappa shape index (κ3) is 2.59. The van der Waals surface area contributed by atoms with Gasteiger partial charge in [0.15, 0.2) is 0 Å². The van der Waals surface area contributed by atoms with Gasteiger partial charge in [-0.3, -0.25) is 0 Å². The van der Waals surface area contributed by atoms with Crippen molar-refractivity contribution in [2.75, 3.05) is 25.6 Å². The minimum atomic E-state index is 0.478. The third-order valence-electron chi connectivity index (χ3n) is 2.61. The van der Waals surface area contributed by atoms with E-state index in [9.17, 15) is 0 Å². The Balaban J connectivity index is 2.42. The van der Waals surface area contributed by atoms with E-state index in [0.717, 1.165) is 18.1 Å². The van der Waals surface area contributed by atoms with Crippen LogP contribution >= 0.6 is 0 Å². The molecule has 0 aliphatic heterocycles. The molecule has 0 atom stereocenters. The van der Waals surface area contributed by atoms with Crippen LogP contribution in [0.4, 0.5) is 5.82 Å². The van der Waals surface area contributed by atoms with Gasteiger partial charge in [0.05, 0.1) is 12.3 Å². The number of nitrogens with zero attached hydrogens (tertiary/aromatic N) is 5. The zero-order valence-electron chi connectivity index (χ0n) is 11.3. The maximum absolute atomic E-state index is 5.13. The van der Waals surface area contributed by atoms with E-state index in [1.165, 1.54) is 6.33 Å². The van der Waals surface area contributed by atoms with Gasteiger partial charge in [-0.1, -0.05) is 13.8 Å². The summed E-state index contributed by atoms with van der Waals surface area (Å²) in [6, 6.07) is 1.99. The molecule has 0 fully saturated rings. The van der Waals surface area contributed by atoms with Crippen molar-refractivity contribution in [3.8, 4) is 0 Å². The molecule has 2 rings (SSSR count). The molecule has 2 aromatic heterocycles. The van der Waals surface area contributed by atoms with Gasteiger partial charge in [-0.15, -0.1) is 0 Å². The first-order valence-electron chi connectivity index (χ1n) is 6.01. The van der Waals surface area contributed by atoms with Gasteiger partial charge in [0.2, 0.25) is 0 Å². The van der Waals surface area contributed by atoms with Crippen LogP contribution in [-0.4, -0.2) is 40.3 Å². The molecule has 18 heavy (non-hydrogen) atoms. The van der Waals surface area contributed by atoms with Crippen molar-refractivity contribution >= 4 is 11.6 Å². The zero-order chi connectivity index (χ0) is 13.1. The lowest BCUT2D eigenvalue weighted by Crippen LogP contribution is -2.25. The fourth-order valence-electron chi connectivity index (χ4n) is 1.98. The number of anilines is 1. The summed E-state index contributed by atoms with van der Waals surface area (Å²) >= 11 is 0. The monoisotopic (exact) mass is 249 g/mol. The summed E-state index contributed by atoms with van der Waals surface area (Å²) in [6.45, 7) is 5.80. The van der Waals surface area contributed by atoms with Crippen LogP contribution in [0.2, 0.25) is 0 Å². The lowest BCUT2D eigenvalue weighted by Gasteiger charge is -2.22. The SMILES string of the molecule is COCc1cc(N(C)CC(C)C)n2ncnc2n1. The highest BCUT2D eigenvalue weighted by Crippen LogP contribution is 2.16. The van der Waals surface area contributed by atoms with Gasteiger partial charge in [0.25, 0.3) is 5.78 Å². The molecule has 2 heterocycles. The fourth-order valence-corrected chi connectivity index (χ4v) is 1.98. The van der Waals surface area contributed by atoms with Crippen LogP contribution in [0.15, 0.2) is 12.4 Å². The summed E-state index contributed by atoms with van der Waals surface area (Å²) in [6.07, 6.45) is 1.52. The molecule has 0 saturated heterocycles. The van der Waals surface area contributed by atoms with E-state index in [0.29, 0.717) is 18.3 Å². The summed E-state index contributed by atoms with van der Waals surface area (Å²) in [7, 11) is 3.71. The highest BCUT2D eigenvalue weighted by molar-refractivity contribution is 5.46. The second kappa shape index (κ2) is 5.30. The average molecular weight is 249 g/mol. The van der Waals surface area contributed by atoms with Crippen molar-refractivity contribution < 1.29 is 4.74 Å². The molecule has 6 nitrogen and oxygen atoms in total. The van der Waals surface area contributed by atoms with Gasteiger partial charge < -0.3 is 9.64 Å². The van der Waals surface area contributed by atoms with Crippen molar-refractivity contribution in [2.45, 2.75) is 20.5 Å². The van der Waals surface area contributed by atoms with E-state index in [2.05, 4.69) is 33.8 Å². The maximum Gasteiger partial charge on any atom is 0.254 e. The normalized spacial score (nSPS) is 11.4. The highest BCUT2D eigenvalue weighted by Gasteiger charge is 2.12. The summed E-state index contributed by atoms with van der Waals surface area (Å²) < 4.78 is 6.88. The Morgan fingerprint density at radius 1 is 1.44 bits per heavy atom. The largest absolute Gasteiger partial charge is 0.378 e. The molecule has 2 aromatic rings. The molecular weight excluding hydrogens is 230 g/mol. The maximum atomic E-state index is 5.13. The number of hydrogen-bond donors (Lipinski definition) is 0. The molecule has 0 aliphatic rings. The number of hydrogen-bond acceptors (Lipinski definition) is 5. The molecule has 0 aromatic carbocycles. The second-order valence-corrected chi connectivity index (χ2v) is 4.78. The predicted octanol–water partition coefficient (Wildman–Crippen LogP) is 1.36. The van der Waals surface area contributed by atoms with Crippen LogP contribution in [0, 0.1) is 5.92 Å². The van der Waals surface area contributed by atoms with E-state index in [1.807, 2.05) is 13.1 Å². The van der Waals surface area contributed by atoms with E-state index in [1.54, 1.807) is 11.6 Å². The summed E-state index contributed by atoms with van der Waals surface area (Å²) in [5.41, 5.74) is 0.864. The van der Waals surface area contributed by atoms with E-state index < -0.39 is 0 Å². The van der Waals surface area contributed by atoms with Crippen LogP contribution in [0.5, 0.6) is 0 Å². The van der Waals surface area contributed by atoms with Gasteiger partial charge >= 0.3 is 0 Å². The molecular formula is C12H19N5O. The molecule has 0 N–H and O–H groups in total. The highest BCUT2D eigenvalue weighted by atomic mass is 16.5. The molecule has 0 radical (unpaired) electrons. The average Bonchev–Trinajstić information content (AvgIpc) is 2.75. The summed E-state index contributed by atoms with van der Waals surface area (Å²) in [5, 5.41) is 4.21. The smallest absolute Gasteiger partial charge is 0.254 e. The van der Waals surface area contributed by atoms with Crippen LogP contribution in [0.25, 0.3) is 5.78 Å². The van der Waals surface area contributed by atoms with Crippen molar-refractivity contribution in [3.63, 3.8) is 0 Å². The molecule has 0 bridgehead atoms. The summed E-state index contributed by atoms with van der Waals surface area (Å²) in [4.78, 5) is 10.7. The van der Waals surface area contributed by atoms with E-state index in [-0.39, 0.29) is 0 Å². The van der Waals surface area contributed by atoms with Crippen molar-refractivity contribution in [3.05, 3.63) is 18.1 Å². The fraction of sp³-hybridized carbons (Fsp3) is 0.583. The minimum Gasteiger partial charge on any atom is -0.378 e. The molecule has 0 aliphatic carbocycles. The lowest BCUT2D eigenvalue weighted by atomic mass is 10.2. The molecule has 0 amide bonds. The molecule has 6 heteroatoms. The topological polar surface area (TPSA) is 55.6 Å². The van der Waals surface area contributed by atoms with E-state index in [4.69, 9.17) is 4.74 Å². The second-order valence-electron chi connectivity index (χ2n) is 4.78. The van der Waals surface area contributed by atoms with Crippen LogP contribution < -0.4 is 4.90 Å². The predicted molar refractivity (Wildman–Crippen MR) is 69.6 cm³/mol. The first kappa shape index (κ1) is 12.8. The molecule has 0 unspecified atom stereocenters. The van der Waals surface area contributed by atoms with Crippen LogP contribution in [-0.2, 0) is 11.3 Å². The number of fused-ring (bicyclic) bond motifs is 1. The van der Waals surface area contributed by atoms with Gasteiger partial charge in [-0.05, 0) is 5.92 Å². The Kier molecular flexibility index (Phi) is 3.76. The van der Waals surface area contributed by atoms with Gasteiger partial charge in [0.1, 0.15) is 12.1 Å². The minimum absolute atomic E-state index is 0.478. The Labute approximate surface area is 107 Å². The number of aromatic nitrogens is 4. The first-order chi connectivity index (χ1) is 8.61. The molecule has 0 spiro atoms.